The molecule has 0 atom stereocenters. The average Bonchev–Trinajstić information content (AvgIpc) is 2.57. The first kappa shape index (κ1) is 13.8. The summed E-state index contributed by atoms with van der Waals surface area (Å²) < 4.78 is 1.76. The van der Waals surface area contributed by atoms with Gasteiger partial charge in [-0.2, -0.15) is 5.10 Å². The summed E-state index contributed by atoms with van der Waals surface area (Å²) in [6, 6.07) is 0. The molecule has 1 heterocycles. The maximum Gasteiger partial charge on any atom is 0.152 e. The van der Waals surface area contributed by atoms with Gasteiger partial charge in [0.05, 0.1) is 35.9 Å². The van der Waals surface area contributed by atoms with E-state index in [1.807, 2.05) is 13.8 Å². The van der Waals surface area contributed by atoms with E-state index in [0.717, 1.165) is 11.4 Å². The van der Waals surface area contributed by atoms with E-state index in [1.165, 1.54) is 0 Å². The molecule has 0 aliphatic carbocycles. The predicted octanol–water partition coefficient (Wildman–Crippen LogP) is 1.20. The second kappa shape index (κ2) is 6.43. The minimum absolute atomic E-state index is 0.0525. The van der Waals surface area contributed by atoms with Crippen LogP contribution < -0.4 is 5.32 Å². The van der Waals surface area contributed by atoms with E-state index in [1.54, 1.807) is 4.68 Å². The summed E-state index contributed by atoms with van der Waals surface area (Å²) >= 11 is 6.11. The molecule has 0 radical (unpaired) electrons. The van der Waals surface area contributed by atoms with Crippen molar-refractivity contribution < 1.29 is 4.79 Å². The second-order valence-electron chi connectivity index (χ2n) is 3.68. The maximum absolute atomic E-state index is 11.7. The monoisotopic (exact) mass is 253 g/mol. The fraction of sp³-hybridized carbons (Fsp3) is 0.500. The van der Waals surface area contributed by atoms with Crippen molar-refractivity contribution in [3.05, 3.63) is 16.4 Å². The molecule has 0 saturated heterocycles. The van der Waals surface area contributed by atoms with Crippen LogP contribution in [0.3, 0.4) is 0 Å². The van der Waals surface area contributed by atoms with Crippen LogP contribution >= 0.6 is 11.6 Å². The topological polar surface area (TPSA) is 46.9 Å². The number of aryl methyl sites for hydroxylation is 2. The molecule has 1 aromatic rings. The quantitative estimate of drug-likeness (QED) is 0.612. The fourth-order valence-electron chi connectivity index (χ4n) is 1.56. The van der Waals surface area contributed by atoms with Crippen molar-refractivity contribution in [3.63, 3.8) is 0 Å². The third-order valence-corrected chi connectivity index (χ3v) is 2.86. The Labute approximate surface area is 106 Å². The molecule has 1 rings (SSSR count). The van der Waals surface area contributed by atoms with Gasteiger partial charge < -0.3 is 0 Å². The zero-order valence-corrected chi connectivity index (χ0v) is 10.8. The highest BCUT2D eigenvalue weighted by atomic mass is 35.5. The van der Waals surface area contributed by atoms with Crippen LogP contribution in [0.25, 0.3) is 0 Å². The zero-order valence-electron chi connectivity index (χ0n) is 10.1. The normalized spacial score (nSPS) is 10.2. The Kier molecular flexibility index (Phi) is 5.20. The number of carbonyl (C=O) groups excluding carboxylic acids is 1. The molecule has 0 aliphatic rings. The van der Waals surface area contributed by atoms with E-state index in [4.69, 9.17) is 18.0 Å². The van der Waals surface area contributed by atoms with Crippen LogP contribution in [-0.2, 0) is 17.8 Å². The number of ketones is 1. The highest BCUT2D eigenvalue weighted by molar-refractivity contribution is 6.32. The summed E-state index contributed by atoms with van der Waals surface area (Å²) in [7, 11) is 0. The molecule has 1 N–H and O–H groups in total. The minimum Gasteiger partial charge on any atom is -0.299 e. The molecule has 0 bridgehead atoms. The van der Waals surface area contributed by atoms with Crippen LogP contribution in [0, 0.1) is 19.3 Å². The highest BCUT2D eigenvalue weighted by Crippen LogP contribution is 2.20. The van der Waals surface area contributed by atoms with Crippen LogP contribution in [-0.4, -0.2) is 28.7 Å². The summed E-state index contributed by atoms with van der Waals surface area (Å²) in [5.74, 6) is 2.47. The molecule has 0 unspecified atom stereocenters. The summed E-state index contributed by atoms with van der Waals surface area (Å²) in [6.45, 7) is 5.15. The summed E-state index contributed by atoms with van der Waals surface area (Å²) in [5, 5.41) is 7.70. The molecule has 0 saturated carbocycles. The van der Waals surface area contributed by atoms with Crippen LogP contribution in [0.1, 0.15) is 18.3 Å². The van der Waals surface area contributed by atoms with Gasteiger partial charge >= 0.3 is 0 Å². The van der Waals surface area contributed by atoms with Gasteiger partial charge in [0.1, 0.15) is 0 Å². The van der Waals surface area contributed by atoms with Gasteiger partial charge in [0.2, 0.25) is 0 Å². The van der Waals surface area contributed by atoms with E-state index >= 15 is 0 Å². The Bertz CT molecular complexity index is 445. The number of Topliss-reactive ketones (excluding diaryl/α,β-unsaturated/α-hetero) is 1. The molecule has 1 aromatic heterocycles. The standard InChI is InChI=1S/C12H16ClN3O/c1-4-6-14-8-10(17)7-11-12(13)9(3)15-16(11)5-2/h1,14H,5-8H2,2-3H3. The third kappa shape index (κ3) is 3.58. The Morgan fingerprint density at radius 3 is 2.94 bits per heavy atom. The number of nitrogens with zero attached hydrogens (tertiary/aromatic N) is 2. The number of hydrogen-bond donors (Lipinski definition) is 1. The molecular weight excluding hydrogens is 238 g/mol. The van der Waals surface area contributed by atoms with E-state index in [0.29, 0.717) is 18.1 Å². The van der Waals surface area contributed by atoms with Crippen LogP contribution in [0.15, 0.2) is 0 Å². The first-order valence-corrected chi connectivity index (χ1v) is 5.85. The molecule has 92 valence electrons. The van der Waals surface area contributed by atoms with Crippen molar-refractivity contribution in [2.75, 3.05) is 13.1 Å². The Morgan fingerprint density at radius 2 is 2.35 bits per heavy atom. The highest BCUT2D eigenvalue weighted by Gasteiger charge is 2.15. The molecule has 4 nitrogen and oxygen atoms in total. The van der Waals surface area contributed by atoms with Crippen molar-refractivity contribution in [2.45, 2.75) is 26.8 Å². The van der Waals surface area contributed by atoms with E-state index in [-0.39, 0.29) is 18.7 Å². The molecule has 0 spiro atoms. The SMILES string of the molecule is C#CCNCC(=O)Cc1c(Cl)c(C)nn1CC. The molecular formula is C12H16ClN3O. The van der Waals surface area contributed by atoms with Gasteiger partial charge in [-0.25, -0.2) is 0 Å². The van der Waals surface area contributed by atoms with Gasteiger partial charge in [0.15, 0.2) is 5.78 Å². The largest absolute Gasteiger partial charge is 0.299 e. The number of nitrogens with one attached hydrogen (secondary N) is 1. The van der Waals surface area contributed by atoms with Crippen molar-refractivity contribution in [2.24, 2.45) is 0 Å². The minimum atomic E-state index is 0.0525. The number of carbonyl (C=O) groups is 1. The van der Waals surface area contributed by atoms with Crippen molar-refractivity contribution in [1.29, 1.82) is 0 Å². The molecule has 17 heavy (non-hydrogen) atoms. The van der Waals surface area contributed by atoms with Crippen molar-refractivity contribution in [3.8, 4) is 12.3 Å². The van der Waals surface area contributed by atoms with E-state index in [2.05, 4.69) is 16.3 Å². The first-order valence-electron chi connectivity index (χ1n) is 5.47. The summed E-state index contributed by atoms with van der Waals surface area (Å²) in [5.41, 5.74) is 1.53. The number of terminal acetylenes is 1. The third-order valence-electron chi connectivity index (χ3n) is 2.37. The van der Waals surface area contributed by atoms with Gasteiger partial charge in [0, 0.05) is 6.54 Å². The van der Waals surface area contributed by atoms with Crippen LogP contribution in [0.5, 0.6) is 0 Å². The van der Waals surface area contributed by atoms with E-state index < -0.39 is 0 Å². The average molecular weight is 254 g/mol. The molecule has 0 aliphatic heterocycles. The molecule has 5 heteroatoms. The van der Waals surface area contributed by atoms with Crippen molar-refractivity contribution >= 4 is 17.4 Å². The number of rotatable bonds is 6. The maximum atomic E-state index is 11.7. The fourth-order valence-corrected chi connectivity index (χ4v) is 1.76. The second-order valence-corrected chi connectivity index (χ2v) is 4.06. The van der Waals surface area contributed by atoms with Gasteiger partial charge in [-0.15, -0.1) is 6.42 Å². The van der Waals surface area contributed by atoms with Crippen molar-refractivity contribution in [1.82, 2.24) is 15.1 Å². The lowest BCUT2D eigenvalue weighted by molar-refractivity contribution is -0.117. The van der Waals surface area contributed by atoms with Gasteiger partial charge in [-0.05, 0) is 13.8 Å². The van der Waals surface area contributed by atoms with Gasteiger partial charge in [-0.1, -0.05) is 17.5 Å². The Hall–Kier alpha value is -1.31. The van der Waals surface area contributed by atoms with Gasteiger partial charge in [0.25, 0.3) is 0 Å². The number of halogens is 1. The van der Waals surface area contributed by atoms with Gasteiger partial charge in [-0.3, -0.25) is 14.8 Å². The smallest absolute Gasteiger partial charge is 0.152 e. The lowest BCUT2D eigenvalue weighted by atomic mass is 10.2. The van der Waals surface area contributed by atoms with Crippen LogP contribution in [0.2, 0.25) is 5.02 Å². The molecule has 0 amide bonds. The number of aromatic nitrogens is 2. The number of hydrogen-bond acceptors (Lipinski definition) is 3. The Morgan fingerprint density at radius 1 is 1.65 bits per heavy atom. The lowest BCUT2D eigenvalue weighted by Crippen LogP contribution is -2.25. The van der Waals surface area contributed by atoms with Crippen LogP contribution in [0.4, 0.5) is 0 Å². The first-order chi connectivity index (χ1) is 8.10. The zero-order chi connectivity index (χ0) is 12.8. The summed E-state index contributed by atoms with van der Waals surface area (Å²) in [4.78, 5) is 11.7. The lowest BCUT2D eigenvalue weighted by Gasteiger charge is -2.05. The molecule has 0 aromatic carbocycles. The summed E-state index contributed by atoms with van der Waals surface area (Å²) in [6.07, 6.45) is 5.36. The Balaban J connectivity index is 2.68. The molecule has 0 fully saturated rings. The van der Waals surface area contributed by atoms with E-state index in [9.17, 15) is 4.79 Å². The predicted molar refractivity (Wildman–Crippen MR) is 68.1 cm³/mol.